The minimum atomic E-state index is -0.0126. The zero-order valence-electron chi connectivity index (χ0n) is 16.3. The molecule has 1 saturated carbocycles. The molecule has 0 amide bonds. The molecule has 0 N–H and O–H groups in total. The van der Waals surface area contributed by atoms with Gasteiger partial charge in [-0.1, -0.05) is 105 Å². The average molecular weight is 343 g/mol. The predicted molar refractivity (Wildman–Crippen MR) is 111 cm³/mol. The van der Waals surface area contributed by atoms with Crippen LogP contribution < -0.4 is 0 Å². The Hall–Kier alpha value is -2.08. The predicted octanol–water partition coefficient (Wildman–Crippen LogP) is 6.93. The summed E-state index contributed by atoms with van der Waals surface area (Å²) in [5.41, 5.74) is 4.69. The molecular weight excluding hydrogens is 312 g/mol. The Morgan fingerprint density at radius 2 is 1.35 bits per heavy atom. The van der Waals surface area contributed by atoms with E-state index >= 15 is 0 Å². The number of allylic oxidation sites excluding steroid dienone is 4. The van der Waals surface area contributed by atoms with Crippen LogP contribution in [0.1, 0.15) is 51.2 Å². The molecule has 0 nitrogen and oxygen atoms in total. The topological polar surface area (TPSA) is 0 Å². The summed E-state index contributed by atoms with van der Waals surface area (Å²) in [5.74, 6) is 1.29. The molecule has 0 saturated heterocycles. The number of hydrogen-bond acceptors (Lipinski definition) is 0. The van der Waals surface area contributed by atoms with Gasteiger partial charge < -0.3 is 0 Å². The number of rotatable bonds is 3. The van der Waals surface area contributed by atoms with Gasteiger partial charge in [-0.2, -0.15) is 0 Å². The van der Waals surface area contributed by atoms with E-state index in [0.29, 0.717) is 5.92 Å². The molecule has 4 rings (SSSR count). The van der Waals surface area contributed by atoms with E-state index in [4.69, 9.17) is 0 Å². The van der Waals surface area contributed by atoms with Gasteiger partial charge in [0.25, 0.3) is 0 Å². The maximum absolute atomic E-state index is 2.43. The highest BCUT2D eigenvalue weighted by molar-refractivity contribution is 5.47. The largest absolute Gasteiger partial charge is 0.0839 e. The van der Waals surface area contributed by atoms with Gasteiger partial charge in [0.1, 0.15) is 0 Å². The van der Waals surface area contributed by atoms with Crippen molar-refractivity contribution in [3.8, 4) is 0 Å². The van der Waals surface area contributed by atoms with Gasteiger partial charge in [0.2, 0.25) is 0 Å². The molecule has 0 aromatic heterocycles. The summed E-state index contributed by atoms with van der Waals surface area (Å²) in [5, 5.41) is 0. The lowest BCUT2D eigenvalue weighted by Gasteiger charge is -2.51. The number of hydrogen-bond donors (Lipinski definition) is 0. The maximum atomic E-state index is 2.43. The highest BCUT2D eigenvalue weighted by Crippen LogP contribution is 2.59. The molecule has 2 aliphatic carbocycles. The van der Waals surface area contributed by atoms with E-state index < -0.39 is 0 Å². The fourth-order valence-electron chi connectivity index (χ4n) is 5.74. The molecule has 0 aliphatic heterocycles. The van der Waals surface area contributed by atoms with E-state index in [-0.39, 0.29) is 10.8 Å². The summed E-state index contributed by atoms with van der Waals surface area (Å²) < 4.78 is 0. The molecule has 0 heterocycles. The summed E-state index contributed by atoms with van der Waals surface area (Å²) in [6.07, 6.45) is 10.9. The molecule has 2 aliphatic rings. The van der Waals surface area contributed by atoms with E-state index in [1.807, 2.05) is 0 Å². The third kappa shape index (κ3) is 2.58. The molecule has 2 atom stereocenters. The minimum Gasteiger partial charge on any atom is -0.0839 e. The summed E-state index contributed by atoms with van der Waals surface area (Å²) in [6, 6.07) is 22.5. The van der Waals surface area contributed by atoms with Gasteiger partial charge in [-0.25, -0.2) is 0 Å². The molecule has 2 aromatic rings. The lowest BCUT2D eigenvalue weighted by molar-refractivity contribution is 0.167. The quantitative estimate of drug-likeness (QED) is 0.567. The Labute approximate surface area is 158 Å². The van der Waals surface area contributed by atoms with Crippen LogP contribution >= 0.6 is 0 Å². The van der Waals surface area contributed by atoms with E-state index in [9.17, 15) is 0 Å². The van der Waals surface area contributed by atoms with E-state index in [0.717, 1.165) is 5.92 Å². The molecular formula is C26H30. The standard InChI is InChI=1S/C26H30/c1-25(2,3)26(21-13-6-4-7-14-21,22-15-8-5-9-16-22)24-19-18-20-12-10-11-17-23(20)24/h4-11,13-17,20,24H,12,18-19H2,1-3H3. The fraction of sp³-hybridized carbons (Fsp3) is 0.385. The van der Waals surface area contributed by atoms with Crippen LogP contribution in [0.2, 0.25) is 0 Å². The van der Waals surface area contributed by atoms with Crippen LogP contribution in [0.5, 0.6) is 0 Å². The van der Waals surface area contributed by atoms with E-state index in [1.165, 1.54) is 30.4 Å². The first-order chi connectivity index (χ1) is 12.5. The minimum absolute atomic E-state index is 0.0126. The Bertz CT molecular complexity index is 763. The van der Waals surface area contributed by atoms with Gasteiger partial charge in [-0.15, -0.1) is 0 Å². The van der Waals surface area contributed by atoms with Crippen molar-refractivity contribution in [3.05, 3.63) is 95.6 Å². The maximum Gasteiger partial charge on any atom is 0.0316 e. The first kappa shape index (κ1) is 17.3. The lowest BCUT2D eigenvalue weighted by atomic mass is 9.52. The normalized spacial score (nSPS) is 22.8. The SMILES string of the molecule is CC(C)(C)C(c1ccccc1)(c1ccccc1)C1CCC2CC=CC=C21. The first-order valence-corrected chi connectivity index (χ1v) is 10.0. The van der Waals surface area contributed by atoms with Crippen LogP contribution in [0.15, 0.2) is 84.5 Å². The van der Waals surface area contributed by atoms with Crippen molar-refractivity contribution in [1.29, 1.82) is 0 Å². The van der Waals surface area contributed by atoms with E-state index in [2.05, 4.69) is 99.7 Å². The number of benzene rings is 2. The van der Waals surface area contributed by atoms with Gasteiger partial charge in [-0.3, -0.25) is 0 Å². The lowest BCUT2D eigenvalue weighted by Crippen LogP contribution is -2.47. The molecule has 1 fully saturated rings. The summed E-state index contributed by atoms with van der Waals surface area (Å²) in [4.78, 5) is 0. The molecule has 0 bridgehead atoms. The molecule has 26 heavy (non-hydrogen) atoms. The van der Waals surface area contributed by atoms with Crippen molar-refractivity contribution in [2.75, 3.05) is 0 Å². The van der Waals surface area contributed by atoms with Crippen LogP contribution in [0.25, 0.3) is 0 Å². The van der Waals surface area contributed by atoms with Gasteiger partial charge >= 0.3 is 0 Å². The third-order valence-corrected chi connectivity index (χ3v) is 6.69. The molecule has 0 heteroatoms. The van der Waals surface area contributed by atoms with Crippen LogP contribution in [-0.2, 0) is 5.41 Å². The van der Waals surface area contributed by atoms with E-state index in [1.54, 1.807) is 5.57 Å². The first-order valence-electron chi connectivity index (χ1n) is 10.0. The zero-order valence-corrected chi connectivity index (χ0v) is 16.3. The van der Waals surface area contributed by atoms with Gasteiger partial charge in [-0.05, 0) is 47.6 Å². The van der Waals surface area contributed by atoms with Crippen molar-refractivity contribution in [3.63, 3.8) is 0 Å². The third-order valence-electron chi connectivity index (χ3n) is 6.69. The fourth-order valence-corrected chi connectivity index (χ4v) is 5.74. The molecule has 2 aromatic carbocycles. The van der Waals surface area contributed by atoms with Crippen LogP contribution in [0.3, 0.4) is 0 Å². The summed E-state index contributed by atoms with van der Waals surface area (Å²) in [7, 11) is 0. The van der Waals surface area contributed by atoms with Crippen molar-refractivity contribution in [1.82, 2.24) is 0 Å². The smallest absolute Gasteiger partial charge is 0.0316 e. The van der Waals surface area contributed by atoms with Crippen LogP contribution in [0.4, 0.5) is 0 Å². The molecule has 2 unspecified atom stereocenters. The van der Waals surface area contributed by atoms with Crippen molar-refractivity contribution < 1.29 is 0 Å². The monoisotopic (exact) mass is 342 g/mol. The molecule has 0 radical (unpaired) electrons. The second-order valence-corrected chi connectivity index (χ2v) is 8.95. The van der Waals surface area contributed by atoms with Crippen molar-refractivity contribution >= 4 is 0 Å². The van der Waals surface area contributed by atoms with Gasteiger partial charge in [0.05, 0.1) is 0 Å². The van der Waals surface area contributed by atoms with Gasteiger partial charge in [0.15, 0.2) is 0 Å². The Kier molecular flexibility index (Phi) is 4.39. The average Bonchev–Trinajstić information content (AvgIpc) is 3.08. The second kappa shape index (κ2) is 6.58. The Morgan fingerprint density at radius 1 is 0.769 bits per heavy atom. The summed E-state index contributed by atoms with van der Waals surface area (Å²) >= 11 is 0. The Balaban J connectivity index is 2.01. The zero-order chi connectivity index (χ0) is 18.2. The van der Waals surface area contributed by atoms with Crippen LogP contribution in [-0.4, -0.2) is 0 Å². The highest BCUT2D eigenvalue weighted by Gasteiger charge is 2.54. The van der Waals surface area contributed by atoms with Crippen LogP contribution in [0, 0.1) is 17.3 Å². The van der Waals surface area contributed by atoms with Crippen molar-refractivity contribution in [2.45, 2.75) is 45.4 Å². The second-order valence-electron chi connectivity index (χ2n) is 8.95. The summed E-state index contributed by atoms with van der Waals surface area (Å²) in [6.45, 7) is 7.29. The molecule has 0 spiro atoms. The van der Waals surface area contributed by atoms with Crippen molar-refractivity contribution in [2.24, 2.45) is 17.3 Å². The molecule has 134 valence electrons. The van der Waals surface area contributed by atoms with Gasteiger partial charge in [0, 0.05) is 5.41 Å². The number of fused-ring (bicyclic) bond motifs is 1. The Morgan fingerprint density at radius 3 is 1.88 bits per heavy atom. The highest BCUT2D eigenvalue weighted by atomic mass is 14.6.